The van der Waals surface area contributed by atoms with Crippen LogP contribution >= 0.6 is 11.3 Å². The summed E-state index contributed by atoms with van der Waals surface area (Å²) in [5.41, 5.74) is 2.32. The third kappa shape index (κ3) is 5.59. The zero-order chi connectivity index (χ0) is 26.0. The van der Waals surface area contributed by atoms with Gasteiger partial charge in [0.05, 0.1) is 41.2 Å². The van der Waals surface area contributed by atoms with Gasteiger partial charge in [-0.25, -0.2) is 5.14 Å². The number of aliphatic hydroxyl groups excluding tert-OH is 1. The van der Waals surface area contributed by atoms with Gasteiger partial charge in [-0.05, 0) is 48.3 Å². The Morgan fingerprint density at radius 3 is 2.73 bits per heavy atom. The summed E-state index contributed by atoms with van der Waals surface area (Å²) >= 11 is 1.36. The van der Waals surface area contributed by atoms with E-state index in [2.05, 4.69) is 31.8 Å². The van der Waals surface area contributed by atoms with Crippen molar-refractivity contribution in [3.05, 3.63) is 75.7 Å². The highest BCUT2D eigenvalue weighted by molar-refractivity contribution is 7.84. The fraction of sp³-hybridized carbons (Fsp3) is 0.400. The average molecular weight is 545 g/mol. The highest BCUT2D eigenvalue weighted by Crippen LogP contribution is 2.44. The molecule has 1 saturated heterocycles. The van der Waals surface area contributed by atoms with Crippen molar-refractivity contribution in [2.75, 3.05) is 18.5 Å². The predicted molar refractivity (Wildman–Crippen MR) is 137 cm³/mol. The molecule has 3 aromatic rings. The van der Waals surface area contributed by atoms with Gasteiger partial charge in [-0.2, -0.15) is 18.6 Å². The van der Waals surface area contributed by atoms with E-state index in [1.807, 2.05) is 29.6 Å². The molecule has 0 radical (unpaired) electrons. The maximum Gasteiger partial charge on any atom is 0.333 e. The van der Waals surface area contributed by atoms with Gasteiger partial charge in [-0.3, -0.25) is 8.98 Å². The number of aliphatic hydroxyl groups is 1. The molecule has 1 aliphatic carbocycles. The second-order valence-electron chi connectivity index (χ2n) is 9.41. The van der Waals surface area contributed by atoms with Crippen LogP contribution in [0.25, 0.3) is 0 Å². The van der Waals surface area contributed by atoms with Crippen molar-refractivity contribution in [1.29, 1.82) is 0 Å². The molecule has 0 bridgehead atoms. The summed E-state index contributed by atoms with van der Waals surface area (Å²) in [6, 6.07) is 11.7. The van der Waals surface area contributed by atoms with Crippen molar-refractivity contribution < 1.29 is 27.2 Å². The van der Waals surface area contributed by atoms with E-state index in [9.17, 15) is 18.3 Å². The van der Waals surface area contributed by atoms with Gasteiger partial charge in [0.1, 0.15) is 5.60 Å². The fourth-order valence-electron chi connectivity index (χ4n) is 5.19. The average Bonchev–Trinajstić information content (AvgIpc) is 3.63. The summed E-state index contributed by atoms with van der Waals surface area (Å²) in [5.74, 6) is -0.604. The number of carbonyl (C=O) groups is 1. The first-order valence-corrected chi connectivity index (χ1v) is 14.4. The Hall–Kier alpha value is -2.74. The Balaban J connectivity index is 1.34. The second kappa shape index (κ2) is 10.6. The quantitative estimate of drug-likeness (QED) is 0.345. The number of hydrogen-bond acceptors (Lipinski definition) is 10. The van der Waals surface area contributed by atoms with E-state index < -0.39 is 27.9 Å². The number of carbonyl (C=O) groups excluding carboxylic acids is 1. The van der Waals surface area contributed by atoms with Crippen LogP contribution in [0.1, 0.15) is 52.0 Å². The number of benzene rings is 1. The van der Waals surface area contributed by atoms with Gasteiger partial charge in [-0.15, -0.1) is 11.3 Å². The molecule has 1 aromatic carbocycles. The molecule has 4 N–H and O–H groups in total. The molecule has 37 heavy (non-hydrogen) atoms. The molecule has 10 nitrogen and oxygen atoms in total. The molecule has 0 amide bonds. The van der Waals surface area contributed by atoms with Gasteiger partial charge in [0.2, 0.25) is 5.78 Å². The number of thiophene rings is 1. The van der Waals surface area contributed by atoms with Crippen molar-refractivity contribution in [2.24, 2.45) is 11.1 Å². The van der Waals surface area contributed by atoms with Crippen LogP contribution in [0.3, 0.4) is 0 Å². The molecule has 1 saturated carbocycles. The molecule has 12 heteroatoms. The van der Waals surface area contributed by atoms with Gasteiger partial charge in [0, 0.05) is 18.6 Å². The number of aromatic nitrogens is 2. The zero-order valence-electron chi connectivity index (χ0n) is 19.9. The highest BCUT2D eigenvalue weighted by Gasteiger charge is 2.40. The Morgan fingerprint density at radius 2 is 2.00 bits per heavy atom. The standard InChI is InChI=1S/C25H28N4O6S2/c26-37(32,33)35-14-16-9-19(11-22(16)30)29-21-13-28-27-12-20(21)24(31)23-10-18(15-36-23)25(7-4-8-34-25)17-5-2-1-3-6-17/h1-3,5-6,10,12-13,15-16,19,22,30H,4,7-9,11,14H2,(H,27,29)(H2,26,32,33)/t16-,19-,22+,25?/m1/s1. The van der Waals surface area contributed by atoms with Crippen LogP contribution < -0.4 is 10.5 Å². The number of ketones is 1. The highest BCUT2D eigenvalue weighted by atomic mass is 32.2. The summed E-state index contributed by atoms with van der Waals surface area (Å²) in [4.78, 5) is 14.1. The van der Waals surface area contributed by atoms with Gasteiger partial charge < -0.3 is 15.2 Å². The maximum atomic E-state index is 13.6. The Kier molecular flexibility index (Phi) is 7.39. The summed E-state index contributed by atoms with van der Waals surface area (Å²) < 4.78 is 33.1. The van der Waals surface area contributed by atoms with Gasteiger partial charge in [0.25, 0.3) is 0 Å². The summed E-state index contributed by atoms with van der Waals surface area (Å²) in [6.07, 6.45) is 4.71. The van der Waals surface area contributed by atoms with Crippen LogP contribution in [0.15, 0.2) is 54.2 Å². The monoisotopic (exact) mass is 544 g/mol. The van der Waals surface area contributed by atoms with E-state index in [0.717, 1.165) is 24.0 Å². The molecule has 2 aromatic heterocycles. The number of anilines is 1. The van der Waals surface area contributed by atoms with E-state index in [4.69, 9.17) is 9.88 Å². The number of rotatable bonds is 9. The third-order valence-electron chi connectivity index (χ3n) is 6.99. The largest absolute Gasteiger partial charge is 0.393 e. The Morgan fingerprint density at radius 1 is 1.22 bits per heavy atom. The lowest BCUT2D eigenvalue weighted by Gasteiger charge is -2.28. The first-order valence-electron chi connectivity index (χ1n) is 12.0. The Labute approximate surface area is 219 Å². The minimum Gasteiger partial charge on any atom is -0.393 e. The maximum absolute atomic E-state index is 13.6. The fourth-order valence-corrected chi connectivity index (χ4v) is 6.48. The third-order valence-corrected chi connectivity index (χ3v) is 8.38. The summed E-state index contributed by atoms with van der Waals surface area (Å²) in [7, 11) is -4.09. The number of nitrogens with two attached hydrogens (primary N) is 1. The van der Waals surface area contributed by atoms with Crippen LogP contribution in [0.4, 0.5) is 5.69 Å². The van der Waals surface area contributed by atoms with Crippen LogP contribution in [-0.2, 0) is 24.8 Å². The van der Waals surface area contributed by atoms with Crippen molar-refractivity contribution in [1.82, 2.24) is 10.2 Å². The molecule has 1 aliphatic heterocycles. The minimum atomic E-state index is -4.09. The van der Waals surface area contributed by atoms with Crippen LogP contribution in [-0.4, -0.2) is 54.9 Å². The lowest BCUT2D eigenvalue weighted by atomic mass is 9.85. The lowest BCUT2D eigenvalue weighted by molar-refractivity contribution is 0.0363. The van der Waals surface area contributed by atoms with Gasteiger partial charge in [0.15, 0.2) is 0 Å². The topological polar surface area (TPSA) is 154 Å². The Bertz CT molecular complexity index is 1360. The van der Waals surface area contributed by atoms with Crippen molar-refractivity contribution in [3.63, 3.8) is 0 Å². The number of ether oxygens (including phenoxy) is 1. The van der Waals surface area contributed by atoms with Crippen LogP contribution in [0.2, 0.25) is 0 Å². The van der Waals surface area contributed by atoms with Crippen molar-refractivity contribution in [3.8, 4) is 0 Å². The summed E-state index contributed by atoms with van der Waals surface area (Å²) in [6.45, 7) is 0.453. The predicted octanol–water partition coefficient (Wildman–Crippen LogP) is 2.59. The summed E-state index contributed by atoms with van der Waals surface area (Å²) in [5, 5.41) is 28.4. The molecule has 5 rings (SSSR count). The molecule has 3 heterocycles. The van der Waals surface area contributed by atoms with Gasteiger partial charge in [-0.1, -0.05) is 30.3 Å². The first-order chi connectivity index (χ1) is 17.7. The molecule has 196 valence electrons. The van der Waals surface area contributed by atoms with Crippen LogP contribution in [0, 0.1) is 5.92 Å². The van der Waals surface area contributed by atoms with Crippen molar-refractivity contribution in [2.45, 2.75) is 43.4 Å². The van der Waals surface area contributed by atoms with E-state index in [0.29, 0.717) is 35.6 Å². The zero-order valence-corrected chi connectivity index (χ0v) is 21.6. The second-order valence-corrected chi connectivity index (χ2v) is 11.5. The van der Waals surface area contributed by atoms with Crippen molar-refractivity contribution >= 4 is 33.1 Å². The SMILES string of the molecule is NS(=O)(=O)OC[C@H]1C[C@@H](Nc2cnncc2C(=O)c2cc(C3(c4ccccc4)CCCO3)cs2)C[C@@H]1O. The minimum absolute atomic E-state index is 0.192. The van der Waals surface area contributed by atoms with E-state index >= 15 is 0 Å². The lowest BCUT2D eigenvalue weighted by Crippen LogP contribution is -2.25. The normalized spacial score (nSPS) is 25.8. The first kappa shape index (κ1) is 25.9. The van der Waals surface area contributed by atoms with Crippen LogP contribution in [0.5, 0.6) is 0 Å². The molecule has 2 aliphatic rings. The van der Waals surface area contributed by atoms with E-state index in [1.54, 1.807) is 0 Å². The molecular formula is C25H28N4O6S2. The number of nitrogens with zero attached hydrogens (tertiary/aromatic N) is 2. The number of hydrogen-bond donors (Lipinski definition) is 3. The van der Waals surface area contributed by atoms with E-state index in [1.165, 1.54) is 23.7 Å². The molecule has 2 fully saturated rings. The molecule has 4 atom stereocenters. The number of nitrogens with one attached hydrogen (secondary N) is 1. The molecule has 1 unspecified atom stereocenters. The smallest absolute Gasteiger partial charge is 0.333 e. The molecule has 0 spiro atoms. The van der Waals surface area contributed by atoms with Gasteiger partial charge >= 0.3 is 10.3 Å². The van der Waals surface area contributed by atoms with E-state index in [-0.39, 0.29) is 18.4 Å². The molecular weight excluding hydrogens is 516 g/mol.